The number of halogens is 1. The van der Waals surface area contributed by atoms with E-state index >= 15 is 0 Å². The Hall–Kier alpha value is -2.05. The summed E-state index contributed by atoms with van der Waals surface area (Å²) in [7, 11) is 2.13. The van der Waals surface area contributed by atoms with E-state index in [2.05, 4.69) is 38.1 Å². The summed E-state index contributed by atoms with van der Waals surface area (Å²) < 4.78 is 0.944. The number of hydrogen-bond donors (Lipinski definition) is 2. The van der Waals surface area contributed by atoms with E-state index in [-0.39, 0.29) is 5.91 Å². The van der Waals surface area contributed by atoms with Crippen LogP contribution >= 0.6 is 15.9 Å². The summed E-state index contributed by atoms with van der Waals surface area (Å²) in [5.41, 5.74) is 9.25. The van der Waals surface area contributed by atoms with Gasteiger partial charge < -0.3 is 20.9 Å². The molecule has 126 valence electrons. The van der Waals surface area contributed by atoms with Crippen molar-refractivity contribution in [2.45, 2.75) is 0 Å². The number of nitrogens with zero attached hydrogens (tertiary/aromatic N) is 2. The third-order valence-corrected chi connectivity index (χ3v) is 4.76. The van der Waals surface area contributed by atoms with Crippen molar-refractivity contribution in [2.75, 3.05) is 49.2 Å². The summed E-state index contributed by atoms with van der Waals surface area (Å²) in [6, 6.07) is 13.0. The van der Waals surface area contributed by atoms with Crippen molar-refractivity contribution in [3.05, 3.63) is 52.5 Å². The Balaban J connectivity index is 1.70. The number of nitrogen functional groups attached to an aromatic ring is 1. The molecule has 0 unspecified atom stereocenters. The quantitative estimate of drug-likeness (QED) is 0.793. The molecule has 0 aromatic heterocycles. The SMILES string of the molecule is CN1CCN(c2ccc(NC(=O)c3ccc(Br)cc3)cc2N)CC1. The van der Waals surface area contributed by atoms with Crippen molar-refractivity contribution < 1.29 is 4.79 Å². The average molecular weight is 389 g/mol. The van der Waals surface area contributed by atoms with Crippen LogP contribution in [0.1, 0.15) is 10.4 Å². The van der Waals surface area contributed by atoms with Crippen LogP contribution in [0.3, 0.4) is 0 Å². The van der Waals surface area contributed by atoms with Crippen molar-refractivity contribution in [2.24, 2.45) is 0 Å². The number of anilines is 3. The molecule has 0 bridgehead atoms. The summed E-state index contributed by atoms with van der Waals surface area (Å²) in [5.74, 6) is -0.144. The van der Waals surface area contributed by atoms with E-state index in [4.69, 9.17) is 5.73 Å². The van der Waals surface area contributed by atoms with E-state index < -0.39 is 0 Å². The molecule has 1 amide bonds. The molecule has 2 aromatic rings. The number of nitrogens with one attached hydrogen (secondary N) is 1. The van der Waals surface area contributed by atoms with Gasteiger partial charge in [-0.05, 0) is 49.5 Å². The predicted molar refractivity (Wildman–Crippen MR) is 103 cm³/mol. The van der Waals surface area contributed by atoms with Gasteiger partial charge in [0.25, 0.3) is 5.91 Å². The van der Waals surface area contributed by atoms with Crippen LogP contribution < -0.4 is 16.0 Å². The Kier molecular flexibility index (Phi) is 5.06. The lowest BCUT2D eigenvalue weighted by Crippen LogP contribution is -2.44. The number of likely N-dealkylation sites (N-methyl/N-ethyl adjacent to an activating group) is 1. The van der Waals surface area contributed by atoms with Gasteiger partial charge in [-0.2, -0.15) is 0 Å². The first kappa shape index (κ1) is 16.8. The van der Waals surface area contributed by atoms with Crippen molar-refractivity contribution in [3.8, 4) is 0 Å². The number of rotatable bonds is 3. The third kappa shape index (κ3) is 3.88. The molecule has 1 saturated heterocycles. The van der Waals surface area contributed by atoms with Crippen LogP contribution in [-0.2, 0) is 0 Å². The molecule has 2 aromatic carbocycles. The first-order chi connectivity index (χ1) is 11.5. The van der Waals surface area contributed by atoms with E-state index in [9.17, 15) is 4.79 Å². The van der Waals surface area contributed by atoms with E-state index in [0.29, 0.717) is 16.9 Å². The van der Waals surface area contributed by atoms with E-state index in [1.165, 1.54) is 0 Å². The van der Waals surface area contributed by atoms with Gasteiger partial charge in [-0.1, -0.05) is 15.9 Å². The standard InChI is InChI=1S/C18H21BrN4O/c1-22-8-10-23(11-9-22)17-7-6-15(12-16(17)20)21-18(24)13-2-4-14(19)5-3-13/h2-7,12H,8-11,20H2,1H3,(H,21,24). The first-order valence-electron chi connectivity index (χ1n) is 7.93. The second-order valence-electron chi connectivity index (χ2n) is 6.02. The average Bonchev–Trinajstić information content (AvgIpc) is 2.57. The van der Waals surface area contributed by atoms with Gasteiger partial charge in [0, 0.05) is 41.9 Å². The molecular weight excluding hydrogens is 368 g/mol. The molecule has 5 nitrogen and oxygen atoms in total. The second kappa shape index (κ2) is 7.23. The van der Waals surface area contributed by atoms with E-state index in [0.717, 1.165) is 36.3 Å². The van der Waals surface area contributed by atoms with Crippen LogP contribution in [-0.4, -0.2) is 44.0 Å². The molecule has 3 rings (SSSR count). The van der Waals surface area contributed by atoms with Crippen LogP contribution in [0.15, 0.2) is 46.9 Å². The fraction of sp³-hybridized carbons (Fsp3) is 0.278. The Bertz CT molecular complexity index is 724. The molecular formula is C18H21BrN4O. The lowest BCUT2D eigenvalue weighted by atomic mass is 10.1. The molecule has 6 heteroatoms. The van der Waals surface area contributed by atoms with Crippen LogP contribution in [0.5, 0.6) is 0 Å². The molecule has 3 N–H and O–H groups in total. The fourth-order valence-corrected chi connectivity index (χ4v) is 3.04. The van der Waals surface area contributed by atoms with Gasteiger partial charge in [0.15, 0.2) is 0 Å². The highest BCUT2D eigenvalue weighted by molar-refractivity contribution is 9.10. The first-order valence-corrected chi connectivity index (χ1v) is 8.72. The summed E-state index contributed by atoms with van der Waals surface area (Å²) in [6.45, 7) is 3.99. The normalized spacial score (nSPS) is 15.3. The zero-order valence-corrected chi connectivity index (χ0v) is 15.2. The summed E-state index contributed by atoms with van der Waals surface area (Å²) in [6.07, 6.45) is 0. The molecule has 0 radical (unpaired) electrons. The van der Waals surface area contributed by atoms with E-state index in [1.54, 1.807) is 12.1 Å². The zero-order chi connectivity index (χ0) is 17.1. The maximum atomic E-state index is 12.3. The Morgan fingerprint density at radius 3 is 2.38 bits per heavy atom. The number of benzene rings is 2. The van der Waals surface area contributed by atoms with Crippen molar-refractivity contribution in [1.82, 2.24) is 4.90 Å². The smallest absolute Gasteiger partial charge is 0.255 e. The molecule has 0 saturated carbocycles. The van der Waals surface area contributed by atoms with Gasteiger partial charge in [0.2, 0.25) is 0 Å². The van der Waals surface area contributed by atoms with Crippen molar-refractivity contribution >= 4 is 38.9 Å². The van der Waals surface area contributed by atoms with Gasteiger partial charge in [-0.15, -0.1) is 0 Å². The minimum atomic E-state index is -0.144. The largest absolute Gasteiger partial charge is 0.397 e. The molecule has 1 fully saturated rings. The molecule has 24 heavy (non-hydrogen) atoms. The minimum absolute atomic E-state index is 0.144. The Morgan fingerprint density at radius 1 is 1.08 bits per heavy atom. The highest BCUT2D eigenvalue weighted by Gasteiger charge is 2.16. The number of carbonyl (C=O) groups is 1. The van der Waals surface area contributed by atoms with Crippen LogP contribution in [0, 0.1) is 0 Å². The number of carbonyl (C=O) groups excluding carboxylic acids is 1. The number of piperazine rings is 1. The van der Waals surface area contributed by atoms with Gasteiger partial charge in [-0.25, -0.2) is 0 Å². The van der Waals surface area contributed by atoms with Gasteiger partial charge in [0.1, 0.15) is 0 Å². The Labute approximate surface area is 150 Å². The van der Waals surface area contributed by atoms with Gasteiger partial charge in [-0.3, -0.25) is 4.79 Å². The highest BCUT2D eigenvalue weighted by Crippen LogP contribution is 2.27. The van der Waals surface area contributed by atoms with Crippen LogP contribution in [0.2, 0.25) is 0 Å². The summed E-state index contributed by atoms with van der Waals surface area (Å²) >= 11 is 3.36. The molecule has 1 aliphatic heterocycles. The number of amides is 1. The maximum Gasteiger partial charge on any atom is 0.255 e. The molecule has 1 heterocycles. The highest BCUT2D eigenvalue weighted by atomic mass is 79.9. The summed E-state index contributed by atoms with van der Waals surface area (Å²) in [4.78, 5) is 16.9. The van der Waals surface area contributed by atoms with Crippen molar-refractivity contribution in [3.63, 3.8) is 0 Å². The molecule has 1 aliphatic rings. The molecule has 0 atom stereocenters. The monoisotopic (exact) mass is 388 g/mol. The van der Waals surface area contributed by atoms with Crippen LogP contribution in [0.25, 0.3) is 0 Å². The Morgan fingerprint density at radius 2 is 1.75 bits per heavy atom. The number of hydrogen-bond acceptors (Lipinski definition) is 4. The van der Waals surface area contributed by atoms with Crippen molar-refractivity contribution in [1.29, 1.82) is 0 Å². The number of nitrogens with two attached hydrogens (primary N) is 1. The summed E-state index contributed by atoms with van der Waals surface area (Å²) in [5, 5.41) is 2.89. The molecule has 0 spiro atoms. The topological polar surface area (TPSA) is 61.6 Å². The maximum absolute atomic E-state index is 12.3. The third-order valence-electron chi connectivity index (χ3n) is 4.24. The predicted octanol–water partition coefficient (Wildman–Crippen LogP) is 3.04. The fourth-order valence-electron chi connectivity index (χ4n) is 2.77. The van der Waals surface area contributed by atoms with Gasteiger partial charge >= 0.3 is 0 Å². The minimum Gasteiger partial charge on any atom is -0.397 e. The molecule has 0 aliphatic carbocycles. The zero-order valence-electron chi connectivity index (χ0n) is 13.6. The second-order valence-corrected chi connectivity index (χ2v) is 6.94. The lowest BCUT2D eigenvalue weighted by molar-refractivity contribution is 0.102. The van der Waals surface area contributed by atoms with Crippen LogP contribution in [0.4, 0.5) is 17.1 Å². The van der Waals surface area contributed by atoms with Gasteiger partial charge in [0.05, 0.1) is 11.4 Å². The van der Waals surface area contributed by atoms with E-state index in [1.807, 2.05) is 30.3 Å². The lowest BCUT2D eigenvalue weighted by Gasteiger charge is -2.34.